The van der Waals surface area contributed by atoms with Crippen LogP contribution in [0.2, 0.25) is 5.02 Å². The van der Waals surface area contributed by atoms with E-state index in [9.17, 15) is 0 Å². The van der Waals surface area contributed by atoms with Gasteiger partial charge in [0.25, 0.3) is 0 Å². The minimum atomic E-state index is 0.591. The third-order valence-corrected chi connectivity index (χ3v) is 5.25. The SMILES string of the molecule is CCOc1ccc(Br)cc1/C=N/n1cnnc1SCc1ccccc1Cl. The molecule has 0 amide bonds. The zero-order valence-corrected chi connectivity index (χ0v) is 17.1. The predicted molar refractivity (Wildman–Crippen MR) is 109 cm³/mol. The highest BCUT2D eigenvalue weighted by Gasteiger charge is 2.07. The first-order valence-corrected chi connectivity index (χ1v) is 10.1. The van der Waals surface area contributed by atoms with Gasteiger partial charge in [-0.1, -0.05) is 57.5 Å². The second kappa shape index (κ2) is 9.21. The minimum Gasteiger partial charge on any atom is -0.493 e. The number of hydrogen-bond donors (Lipinski definition) is 0. The van der Waals surface area contributed by atoms with Gasteiger partial charge >= 0.3 is 0 Å². The van der Waals surface area contributed by atoms with Crippen molar-refractivity contribution in [1.29, 1.82) is 0 Å². The Balaban J connectivity index is 1.76. The lowest BCUT2D eigenvalue weighted by Crippen LogP contribution is -1.98. The Labute approximate surface area is 169 Å². The zero-order chi connectivity index (χ0) is 18.4. The Hall–Kier alpha value is -1.83. The van der Waals surface area contributed by atoms with Gasteiger partial charge in [0.15, 0.2) is 0 Å². The maximum absolute atomic E-state index is 6.20. The van der Waals surface area contributed by atoms with Crippen LogP contribution in [0, 0.1) is 0 Å². The summed E-state index contributed by atoms with van der Waals surface area (Å²) in [6.45, 7) is 2.54. The summed E-state index contributed by atoms with van der Waals surface area (Å²) in [7, 11) is 0. The highest BCUT2D eigenvalue weighted by Crippen LogP contribution is 2.26. The quantitative estimate of drug-likeness (QED) is 0.363. The van der Waals surface area contributed by atoms with E-state index in [1.165, 1.54) is 11.8 Å². The lowest BCUT2D eigenvalue weighted by atomic mass is 10.2. The smallest absolute Gasteiger partial charge is 0.212 e. The first kappa shape index (κ1) is 18.9. The van der Waals surface area contributed by atoms with Crippen LogP contribution in [0.5, 0.6) is 5.75 Å². The molecule has 0 saturated heterocycles. The Morgan fingerprint density at radius 1 is 1.31 bits per heavy atom. The molecule has 0 unspecified atom stereocenters. The summed E-state index contributed by atoms with van der Waals surface area (Å²) in [6, 6.07) is 13.6. The van der Waals surface area contributed by atoms with E-state index in [-0.39, 0.29) is 0 Å². The third-order valence-electron chi connectivity index (χ3n) is 3.41. The van der Waals surface area contributed by atoms with Crippen LogP contribution < -0.4 is 4.74 Å². The molecule has 0 radical (unpaired) electrons. The Bertz CT molecular complexity index is 916. The number of rotatable bonds is 7. The number of hydrogen-bond acceptors (Lipinski definition) is 5. The van der Waals surface area contributed by atoms with Crippen LogP contribution in [-0.4, -0.2) is 27.7 Å². The molecule has 0 aliphatic carbocycles. The fraction of sp³-hybridized carbons (Fsp3) is 0.167. The molecule has 1 heterocycles. The van der Waals surface area contributed by atoms with Crippen molar-refractivity contribution >= 4 is 45.5 Å². The summed E-state index contributed by atoms with van der Waals surface area (Å²) >= 11 is 11.2. The highest BCUT2D eigenvalue weighted by atomic mass is 79.9. The number of halogens is 2. The van der Waals surface area contributed by atoms with E-state index in [2.05, 4.69) is 31.2 Å². The van der Waals surface area contributed by atoms with E-state index in [1.807, 2.05) is 49.4 Å². The summed E-state index contributed by atoms with van der Waals surface area (Å²) in [4.78, 5) is 0. The van der Waals surface area contributed by atoms with Crippen molar-refractivity contribution in [2.45, 2.75) is 17.8 Å². The molecule has 1 aromatic heterocycles. The Morgan fingerprint density at radius 2 is 2.15 bits per heavy atom. The van der Waals surface area contributed by atoms with E-state index in [0.717, 1.165) is 26.4 Å². The van der Waals surface area contributed by atoms with Crippen LogP contribution in [-0.2, 0) is 5.75 Å². The second-order valence-corrected chi connectivity index (χ2v) is 7.46. The summed E-state index contributed by atoms with van der Waals surface area (Å²) in [5.41, 5.74) is 1.92. The number of thioether (sulfide) groups is 1. The number of ether oxygens (including phenoxy) is 1. The van der Waals surface area contributed by atoms with E-state index in [4.69, 9.17) is 16.3 Å². The molecular weight excluding hydrogens is 436 g/mol. The first-order valence-electron chi connectivity index (χ1n) is 7.90. The average molecular weight is 452 g/mol. The van der Waals surface area contributed by atoms with Crippen molar-refractivity contribution in [1.82, 2.24) is 14.9 Å². The third kappa shape index (κ3) is 4.87. The normalized spacial score (nSPS) is 11.2. The number of benzene rings is 2. The fourth-order valence-corrected chi connectivity index (χ4v) is 3.71. The topological polar surface area (TPSA) is 52.3 Å². The maximum Gasteiger partial charge on any atom is 0.212 e. The molecule has 0 aliphatic rings. The largest absolute Gasteiger partial charge is 0.493 e. The van der Waals surface area contributed by atoms with Crippen molar-refractivity contribution in [3.05, 3.63) is 69.4 Å². The average Bonchev–Trinajstić information content (AvgIpc) is 3.09. The van der Waals surface area contributed by atoms with Gasteiger partial charge in [-0.25, -0.2) is 0 Å². The molecule has 0 atom stereocenters. The molecule has 26 heavy (non-hydrogen) atoms. The summed E-state index contributed by atoms with van der Waals surface area (Å²) < 4.78 is 8.23. The molecule has 134 valence electrons. The second-order valence-electron chi connectivity index (χ2n) is 5.20. The molecule has 3 aromatic rings. The van der Waals surface area contributed by atoms with E-state index in [0.29, 0.717) is 17.5 Å². The van der Waals surface area contributed by atoms with Crippen molar-refractivity contribution in [2.24, 2.45) is 5.10 Å². The molecule has 0 spiro atoms. The molecule has 2 aromatic carbocycles. The summed E-state index contributed by atoms with van der Waals surface area (Å²) in [5, 5.41) is 14.0. The lowest BCUT2D eigenvalue weighted by molar-refractivity contribution is 0.339. The number of aromatic nitrogens is 3. The molecule has 3 rings (SSSR count). The van der Waals surface area contributed by atoms with Gasteiger partial charge in [0.2, 0.25) is 5.16 Å². The first-order chi connectivity index (χ1) is 12.7. The maximum atomic E-state index is 6.20. The van der Waals surface area contributed by atoms with E-state index < -0.39 is 0 Å². The van der Waals surface area contributed by atoms with Crippen molar-refractivity contribution in [2.75, 3.05) is 6.61 Å². The van der Waals surface area contributed by atoms with Crippen LogP contribution in [0.25, 0.3) is 0 Å². The van der Waals surface area contributed by atoms with Crippen LogP contribution in [0.15, 0.2) is 63.5 Å². The van der Waals surface area contributed by atoms with Gasteiger partial charge in [0.1, 0.15) is 12.1 Å². The molecular formula is C18H16BrClN4OS. The van der Waals surface area contributed by atoms with Gasteiger partial charge in [-0.05, 0) is 36.8 Å². The van der Waals surface area contributed by atoms with Gasteiger partial charge in [-0.2, -0.15) is 9.78 Å². The zero-order valence-electron chi connectivity index (χ0n) is 14.0. The minimum absolute atomic E-state index is 0.591. The summed E-state index contributed by atoms with van der Waals surface area (Å²) in [6.07, 6.45) is 3.31. The lowest BCUT2D eigenvalue weighted by Gasteiger charge is -2.07. The predicted octanol–water partition coefficient (Wildman–Crippen LogP) is 5.27. The van der Waals surface area contributed by atoms with Crippen molar-refractivity contribution < 1.29 is 4.74 Å². The van der Waals surface area contributed by atoms with E-state index in [1.54, 1.807) is 17.2 Å². The fourth-order valence-electron chi connectivity index (χ4n) is 2.18. The standard InChI is InChI=1S/C18H16BrClN4OS/c1-2-25-17-8-7-15(19)9-14(17)10-22-24-12-21-23-18(24)26-11-13-5-3-4-6-16(13)20/h3-10,12H,2,11H2,1H3/b22-10+. The van der Waals surface area contributed by atoms with Crippen LogP contribution in [0.4, 0.5) is 0 Å². The van der Waals surface area contributed by atoms with Crippen LogP contribution in [0.1, 0.15) is 18.1 Å². The Kier molecular flexibility index (Phi) is 6.71. The molecule has 0 fully saturated rings. The Morgan fingerprint density at radius 3 is 2.96 bits per heavy atom. The molecule has 8 heteroatoms. The monoisotopic (exact) mass is 450 g/mol. The molecule has 0 aliphatic heterocycles. The number of nitrogens with zero attached hydrogens (tertiary/aromatic N) is 4. The van der Waals surface area contributed by atoms with Crippen molar-refractivity contribution in [3.63, 3.8) is 0 Å². The van der Waals surface area contributed by atoms with Crippen LogP contribution in [0.3, 0.4) is 0 Å². The van der Waals surface area contributed by atoms with Gasteiger partial charge in [-0.15, -0.1) is 10.2 Å². The van der Waals surface area contributed by atoms with E-state index >= 15 is 0 Å². The summed E-state index contributed by atoms with van der Waals surface area (Å²) in [5.74, 6) is 1.47. The molecule has 0 bridgehead atoms. The van der Waals surface area contributed by atoms with Gasteiger partial charge in [0, 0.05) is 20.8 Å². The molecule has 0 N–H and O–H groups in total. The van der Waals surface area contributed by atoms with Gasteiger partial charge < -0.3 is 4.74 Å². The van der Waals surface area contributed by atoms with Crippen molar-refractivity contribution in [3.8, 4) is 5.75 Å². The van der Waals surface area contributed by atoms with Gasteiger partial charge in [-0.3, -0.25) is 0 Å². The van der Waals surface area contributed by atoms with Gasteiger partial charge in [0.05, 0.1) is 12.8 Å². The van der Waals surface area contributed by atoms with Crippen LogP contribution >= 0.6 is 39.3 Å². The molecule has 5 nitrogen and oxygen atoms in total. The highest BCUT2D eigenvalue weighted by molar-refractivity contribution is 9.10. The molecule has 0 saturated carbocycles.